The van der Waals surface area contributed by atoms with Crippen molar-refractivity contribution in [2.45, 2.75) is 18.7 Å². The third-order valence-electron chi connectivity index (χ3n) is 4.25. The molecular weight excluding hydrogens is 392 g/mol. The highest BCUT2D eigenvalue weighted by Gasteiger charge is 2.26. The summed E-state index contributed by atoms with van der Waals surface area (Å²) in [7, 11) is -3.94. The van der Waals surface area contributed by atoms with Crippen molar-refractivity contribution in [3.05, 3.63) is 78.0 Å². The lowest BCUT2D eigenvalue weighted by molar-refractivity contribution is -0.134. The lowest BCUT2D eigenvalue weighted by Crippen LogP contribution is -2.20. The summed E-state index contributed by atoms with van der Waals surface area (Å²) in [4.78, 5) is 12.5. The number of hydrogen-bond acceptors (Lipinski definition) is 6. The quantitative estimate of drug-likeness (QED) is 0.220. The monoisotopic (exact) mass is 412 g/mol. The van der Waals surface area contributed by atoms with E-state index >= 15 is 0 Å². The zero-order valence-corrected chi connectivity index (χ0v) is 16.8. The number of para-hydroxylation sites is 1. The van der Waals surface area contributed by atoms with E-state index in [2.05, 4.69) is 11.7 Å². The molecule has 1 N–H and O–H groups in total. The Bertz CT molecular complexity index is 1220. The number of esters is 1. The Kier molecular flexibility index (Phi) is 5.56. The van der Waals surface area contributed by atoms with Gasteiger partial charge >= 0.3 is 5.97 Å². The Labute approximate surface area is 168 Å². The van der Waals surface area contributed by atoms with Crippen LogP contribution in [0, 0.1) is 6.92 Å². The molecule has 0 spiro atoms. The molecule has 150 valence electrons. The van der Waals surface area contributed by atoms with Gasteiger partial charge in [0.1, 0.15) is 6.61 Å². The van der Waals surface area contributed by atoms with Gasteiger partial charge in [-0.05, 0) is 37.6 Å². The second kappa shape index (κ2) is 7.92. The maximum absolute atomic E-state index is 13.2. The van der Waals surface area contributed by atoms with Crippen LogP contribution in [0.4, 0.5) is 0 Å². The van der Waals surface area contributed by atoms with Crippen LogP contribution in [-0.2, 0) is 19.6 Å². The molecule has 0 saturated heterocycles. The van der Waals surface area contributed by atoms with Crippen molar-refractivity contribution in [3.63, 3.8) is 0 Å². The SMILES string of the molecule is C=C(C)COC(=O)C(=NO)c1cn(S(=O)(=O)c2ccc(C)cc2)c2ccccc12. The molecule has 29 heavy (non-hydrogen) atoms. The van der Waals surface area contributed by atoms with Crippen molar-refractivity contribution in [2.75, 3.05) is 6.61 Å². The largest absolute Gasteiger partial charge is 0.456 e. The van der Waals surface area contributed by atoms with Gasteiger partial charge in [0, 0.05) is 17.1 Å². The normalized spacial score (nSPS) is 12.1. The third kappa shape index (κ3) is 3.93. The van der Waals surface area contributed by atoms with Gasteiger partial charge in [-0.15, -0.1) is 0 Å². The van der Waals surface area contributed by atoms with E-state index in [1.165, 1.54) is 18.3 Å². The predicted octanol–water partition coefficient (Wildman–Crippen LogP) is 3.48. The summed E-state index contributed by atoms with van der Waals surface area (Å²) in [6.07, 6.45) is 1.26. The number of aromatic nitrogens is 1. The van der Waals surface area contributed by atoms with Crippen LogP contribution in [0.5, 0.6) is 0 Å². The van der Waals surface area contributed by atoms with Crippen molar-refractivity contribution in [3.8, 4) is 0 Å². The van der Waals surface area contributed by atoms with Gasteiger partial charge in [-0.25, -0.2) is 17.2 Å². The van der Waals surface area contributed by atoms with Gasteiger partial charge in [-0.2, -0.15) is 0 Å². The highest BCUT2D eigenvalue weighted by molar-refractivity contribution is 7.90. The van der Waals surface area contributed by atoms with E-state index in [-0.39, 0.29) is 22.8 Å². The maximum Gasteiger partial charge on any atom is 0.361 e. The summed E-state index contributed by atoms with van der Waals surface area (Å²) in [6, 6.07) is 13.1. The number of hydrogen-bond donors (Lipinski definition) is 1. The molecule has 0 atom stereocenters. The fraction of sp³-hybridized carbons (Fsp3) is 0.143. The van der Waals surface area contributed by atoms with Crippen molar-refractivity contribution >= 4 is 32.6 Å². The average Bonchev–Trinajstić information content (AvgIpc) is 3.08. The minimum atomic E-state index is -3.94. The first-order valence-electron chi connectivity index (χ1n) is 8.72. The predicted molar refractivity (Wildman–Crippen MR) is 110 cm³/mol. The first-order chi connectivity index (χ1) is 13.8. The van der Waals surface area contributed by atoms with E-state index in [1.807, 2.05) is 6.92 Å². The number of rotatable bonds is 6. The standard InChI is InChI=1S/C21H20N2O5S/c1-14(2)13-28-21(24)20(22-25)18-12-23(19-7-5-4-6-17(18)19)29(26,27)16-10-8-15(3)9-11-16/h4-12,25H,1,13H2,2-3H3. The van der Waals surface area contributed by atoms with E-state index in [9.17, 15) is 18.4 Å². The van der Waals surface area contributed by atoms with Gasteiger partial charge in [0.05, 0.1) is 10.4 Å². The Morgan fingerprint density at radius 3 is 2.45 bits per heavy atom. The Hall–Kier alpha value is -3.39. The number of benzene rings is 2. The molecular formula is C21H20N2O5S. The van der Waals surface area contributed by atoms with Crippen molar-refractivity contribution in [1.82, 2.24) is 3.97 Å². The zero-order valence-electron chi connectivity index (χ0n) is 16.0. The van der Waals surface area contributed by atoms with Crippen LogP contribution in [0.25, 0.3) is 10.9 Å². The first kappa shape index (κ1) is 20.3. The number of oxime groups is 1. The highest BCUT2D eigenvalue weighted by atomic mass is 32.2. The molecule has 0 aliphatic rings. The van der Waals surface area contributed by atoms with Crippen LogP contribution in [0.1, 0.15) is 18.1 Å². The summed E-state index contributed by atoms with van der Waals surface area (Å²) >= 11 is 0. The number of carbonyl (C=O) groups is 1. The molecule has 3 aromatic rings. The Morgan fingerprint density at radius 2 is 1.83 bits per heavy atom. The molecule has 0 saturated carbocycles. The molecule has 0 amide bonds. The molecule has 1 heterocycles. The van der Waals surface area contributed by atoms with E-state index < -0.39 is 16.0 Å². The van der Waals surface area contributed by atoms with Crippen LogP contribution in [0.15, 0.2) is 76.9 Å². The van der Waals surface area contributed by atoms with Crippen molar-refractivity contribution < 1.29 is 23.2 Å². The van der Waals surface area contributed by atoms with Crippen LogP contribution >= 0.6 is 0 Å². The van der Waals surface area contributed by atoms with Crippen molar-refractivity contribution in [2.24, 2.45) is 5.16 Å². The Morgan fingerprint density at radius 1 is 1.17 bits per heavy atom. The first-order valence-corrected chi connectivity index (χ1v) is 10.2. The molecule has 0 bridgehead atoms. The lowest BCUT2D eigenvalue weighted by Gasteiger charge is -2.07. The average molecular weight is 412 g/mol. The summed E-state index contributed by atoms with van der Waals surface area (Å²) in [5, 5.41) is 12.9. The van der Waals surface area contributed by atoms with Crippen LogP contribution in [0.3, 0.4) is 0 Å². The van der Waals surface area contributed by atoms with Gasteiger partial charge in [0.15, 0.2) is 5.71 Å². The number of aryl methyl sites for hydroxylation is 1. The minimum Gasteiger partial charge on any atom is -0.456 e. The molecule has 0 aliphatic heterocycles. The van der Waals surface area contributed by atoms with Gasteiger partial charge in [0.2, 0.25) is 0 Å². The summed E-state index contributed by atoms with van der Waals surface area (Å²) < 4.78 is 32.5. The van der Waals surface area contributed by atoms with E-state index in [4.69, 9.17) is 4.74 Å². The number of carbonyl (C=O) groups excluding carboxylic acids is 1. The van der Waals surface area contributed by atoms with E-state index in [0.29, 0.717) is 16.5 Å². The lowest BCUT2D eigenvalue weighted by atomic mass is 10.1. The van der Waals surface area contributed by atoms with Gasteiger partial charge in [0.25, 0.3) is 10.0 Å². The molecule has 1 aromatic heterocycles. The minimum absolute atomic E-state index is 0.0435. The van der Waals surface area contributed by atoms with Gasteiger partial charge in [-0.3, -0.25) is 0 Å². The summed E-state index contributed by atoms with van der Waals surface area (Å²) in [6.45, 7) is 7.15. The number of fused-ring (bicyclic) bond motifs is 1. The highest BCUT2D eigenvalue weighted by Crippen LogP contribution is 2.27. The van der Waals surface area contributed by atoms with Gasteiger partial charge in [-0.1, -0.05) is 47.6 Å². The topological polar surface area (TPSA) is 98.0 Å². The molecule has 3 rings (SSSR count). The molecule has 0 fully saturated rings. The van der Waals surface area contributed by atoms with Crippen LogP contribution in [-0.4, -0.2) is 35.9 Å². The molecule has 0 radical (unpaired) electrons. The van der Waals surface area contributed by atoms with Gasteiger partial charge < -0.3 is 9.94 Å². The molecule has 2 aromatic carbocycles. The van der Waals surface area contributed by atoms with Crippen molar-refractivity contribution in [1.29, 1.82) is 0 Å². The maximum atomic E-state index is 13.2. The fourth-order valence-corrected chi connectivity index (χ4v) is 4.19. The smallest absolute Gasteiger partial charge is 0.361 e. The molecule has 7 nitrogen and oxygen atoms in total. The summed E-state index contributed by atoms with van der Waals surface area (Å²) in [5.74, 6) is -0.883. The molecule has 0 unspecified atom stereocenters. The second-order valence-corrected chi connectivity index (χ2v) is 8.47. The number of ether oxygens (including phenoxy) is 1. The zero-order chi connectivity index (χ0) is 21.2. The van der Waals surface area contributed by atoms with Crippen LogP contribution < -0.4 is 0 Å². The fourth-order valence-electron chi connectivity index (χ4n) is 2.82. The Balaban J connectivity index is 2.16. The van der Waals surface area contributed by atoms with E-state index in [1.54, 1.807) is 43.3 Å². The third-order valence-corrected chi connectivity index (χ3v) is 5.94. The molecule has 8 heteroatoms. The second-order valence-electron chi connectivity index (χ2n) is 6.66. The molecule has 0 aliphatic carbocycles. The number of nitrogens with zero attached hydrogens (tertiary/aromatic N) is 2. The van der Waals surface area contributed by atoms with E-state index in [0.717, 1.165) is 9.54 Å². The van der Waals surface area contributed by atoms with Crippen LogP contribution in [0.2, 0.25) is 0 Å². The summed E-state index contributed by atoms with van der Waals surface area (Å²) in [5.41, 5.74) is 1.64.